The van der Waals surface area contributed by atoms with Gasteiger partial charge < -0.3 is 10.2 Å². The Morgan fingerprint density at radius 1 is 1.33 bits per heavy atom. The first-order valence-corrected chi connectivity index (χ1v) is 7.95. The van der Waals surface area contributed by atoms with E-state index < -0.39 is 0 Å². The molecule has 21 heavy (non-hydrogen) atoms. The van der Waals surface area contributed by atoms with Gasteiger partial charge in [-0.15, -0.1) is 0 Å². The Kier molecular flexibility index (Phi) is 5.38. The Hall–Kier alpha value is -1.83. The summed E-state index contributed by atoms with van der Waals surface area (Å²) in [6.45, 7) is 8.83. The van der Waals surface area contributed by atoms with Gasteiger partial charge in [-0.1, -0.05) is 6.92 Å². The highest BCUT2D eigenvalue weighted by molar-refractivity contribution is 5.59. The van der Waals surface area contributed by atoms with Crippen LogP contribution >= 0.6 is 0 Å². The molecule has 1 aliphatic carbocycles. The van der Waals surface area contributed by atoms with Crippen molar-refractivity contribution < 1.29 is 0 Å². The van der Waals surface area contributed by atoms with Gasteiger partial charge in [-0.05, 0) is 33.1 Å². The van der Waals surface area contributed by atoms with Crippen LogP contribution in [-0.2, 0) is 0 Å². The summed E-state index contributed by atoms with van der Waals surface area (Å²) in [4.78, 5) is 11.7. The SMILES string of the molecule is CCCNc1nc(C2CC2)nc(N(CC)CCC#N)c1C. The van der Waals surface area contributed by atoms with Gasteiger partial charge in [0.1, 0.15) is 17.5 Å². The van der Waals surface area contributed by atoms with Crippen LogP contribution in [0.4, 0.5) is 11.6 Å². The van der Waals surface area contributed by atoms with Crippen molar-refractivity contribution in [3.8, 4) is 6.07 Å². The lowest BCUT2D eigenvalue weighted by Crippen LogP contribution is -2.27. The molecule has 0 atom stereocenters. The predicted octanol–water partition coefficient (Wildman–Crippen LogP) is 3.22. The molecule has 0 unspecified atom stereocenters. The minimum absolute atomic E-state index is 0.522. The molecule has 0 saturated heterocycles. The van der Waals surface area contributed by atoms with E-state index in [0.29, 0.717) is 12.3 Å². The second-order valence-electron chi connectivity index (χ2n) is 5.57. The Morgan fingerprint density at radius 2 is 2.10 bits per heavy atom. The van der Waals surface area contributed by atoms with Crippen LogP contribution in [0.1, 0.15) is 56.8 Å². The molecule has 1 aromatic rings. The van der Waals surface area contributed by atoms with Crippen LogP contribution in [0.3, 0.4) is 0 Å². The number of hydrogen-bond acceptors (Lipinski definition) is 5. The molecule has 1 aromatic heterocycles. The minimum Gasteiger partial charge on any atom is -0.370 e. The molecule has 1 saturated carbocycles. The first-order valence-electron chi connectivity index (χ1n) is 7.95. The summed E-state index contributed by atoms with van der Waals surface area (Å²) in [5, 5.41) is 12.2. The number of anilines is 2. The minimum atomic E-state index is 0.522. The molecule has 1 aliphatic rings. The standard InChI is InChI=1S/C16H25N5/c1-4-10-18-14-12(3)16(21(5-2)11-6-9-17)20-15(19-14)13-7-8-13/h13H,4-8,10-11H2,1-3H3,(H,18,19,20). The van der Waals surface area contributed by atoms with Gasteiger partial charge >= 0.3 is 0 Å². The Morgan fingerprint density at radius 3 is 2.67 bits per heavy atom. The molecule has 0 radical (unpaired) electrons. The van der Waals surface area contributed by atoms with E-state index in [1.54, 1.807) is 0 Å². The van der Waals surface area contributed by atoms with Crippen LogP contribution in [-0.4, -0.2) is 29.6 Å². The van der Waals surface area contributed by atoms with Crippen molar-refractivity contribution in [1.29, 1.82) is 5.26 Å². The molecule has 0 aromatic carbocycles. The van der Waals surface area contributed by atoms with Crippen LogP contribution in [0.15, 0.2) is 0 Å². The fourth-order valence-electron chi connectivity index (χ4n) is 2.37. The Balaban J connectivity index is 2.32. The highest BCUT2D eigenvalue weighted by Crippen LogP contribution is 2.40. The summed E-state index contributed by atoms with van der Waals surface area (Å²) in [5.41, 5.74) is 1.09. The Bertz CT molecular complexity index is 516. The van der Waals surface area contributed by atoms with Gasteiger partial charge in [0.25, 0.3) is 0 Å². The van der Waals surface area contributed by atoms with Crippen molar-refractivity contribution in [3.63, 3.8) is 0 Å². The maximum atomic E-state index is 8.83. The summed E-state index contributed by atoms with van der Waals surface area (Å²) in [6.07, 6.45) is 3.98. The van der Waals surface area contributed by atoms with E-state index in [9.17, 15) is 0 Å². The third-order valence-corrected chi connectivity index (χ3v) is 3.80. The van der Waals surface area contributed by atoms with Crippen molar-refractivity contribution in [2.75, 3.05) is 29.9 Å². The lowest BCUT2D eigenvalue weighted by Gasteiger charge is -2.24. The van der Waals surface area contributed by atoms with E-state index in [1.165, 1.54) is 12.8 Å². The summed E-state index contributed by atoms with van der Waals surface area (Å²) in [6, 6.07) is 2.22. The molecule has 1 heterocycles. The zero-order chi connectivity index (χ0) is 15.2. The van der Waals surface area contributed by atoms with Crippen molar-refractivity contribution in [3.05, 3.63) is 11.4 Å². The van der Waals surface area contributed by atoms with Crippen molar-refractivity contribution in [2.24, 2.45) is 0 Å². The summed E-state index contributed by atoms with van der Waals surface area (Å²) in [7, 11) is 0. The van der Waals surface area contributed by atoms with E-state index in [-0.39, 0.29) is 0 Å². The molecule has 0 aliphatic heterocycles. The third kappa shape index (κ3) is 3.84. The topological polar surface area (TPSA) is 64.8 Å². The molecule has 5 heteroatoms. The molecule has 114 valence electrons. The molecule has 0 spiro atoms. The lowest BCUT2D eigenvalue weighted by molar-refractivity contribution is 0.786. The van der Waals surface area contributed by atoms with Crippen LogP contribution in [0.25, 0.3) is 0 Å². The number of nitriles is 1. The molecule has 5 nitrogen and oxygen atoms in total. The van der Waals surface area contributed by atoms with Crippen molar-refractivity contribution in [2.45, 2.75) is 52.4 Å². The average Bonchev–Trinajstić information content (AvgIpc) is 3.32. The molecule has 2 rings (SSSR count). The molecule has 0 bridgehead atoms. The first-order chi connectivity index (χ1) is 10.2. The van der Waals surface area contributed by atoms with E-state index in [2.05, 4.69) is 37.1 Å². The van der Waals surface area contributed by atoms with Gasteiger partial charge in [-0.25, -0.2) is 9.97 Å². The third-order valence-electron chi connectivity index (χ3n) is 3.80. The number of nitrogens with zero attached hydrogens (tertiary/aromatic N) is 4. The number of rotatable bonds is 8. The quantitative estimate of drug-likeness (QED) is 0.795. The zero-order valence-corrected chi connectivity index (χ0v) is 13.3. The van der Waals surface area contributed by atoms with E-state index in [4.69, 9.17) is 15.2 Å². The summed E-state index contributed by atoms with van der Waals surface area (Å²) in [5.74, 6) is 3.44. The van der Waals surface area contributed by atoms with Crippen LogP contribution in [0.2, 0.25) is 0 Å². The maximum Gasteiger partial charge on any atom is 0.137 e. The number of hydrogen-bond donors (Lipinski definition) is 1. The normalized spacial score (nSPS) is 13.8. The van der Waals surface area contributed by atoms with Gasteiger partial charge in [-0.3, -0.25) is 0 Å². The molecule has 0 amide bonds. The highest BCUT2D eigenvalue weighted by Gasteiger charge is 2.29. The monoisotopic (exact) mass is 287 g/mol. The van der Waals surface area contributed by atoms with Gasteiger partial charge in [-0.2, -0.15) is 5.26 Å². The van der Waals surface area contributed by atoms with Crippen LogP contribution in [0.5, 0.6) is 0 Å². The summed E-state index contributed by atoms with van der Waals surface area (Å²) < 4.78 is 0. The van der Waals surface area contributed by atoms with Crippen LogP contribution in [0, 0.1) is 18.3 Å². The second-order valence-corrected chi connectivity index (χ2v) is 5.57. The van der Waals surface area contributed by atoms with E-state index in [0.717, 1.165) is 49.1 Å². The molecular formula is C16H25N5. The van der Waals surface area contributed by atoms with Gasteiger partial charge in [0.05, 0.1) is 12.5 Å². The predicted molar refractivity (Wildman–Crippen MR) is 85.6 cm³/mol. The number of nitrogens with one attached hydrogen (secondary N) is 1. The lowest BCUT2D eigenvalue weighted by atomic mass is 10.2. The Labute approximate surface area is 127 Å². The van der Waals surface area contributed by atoms with Crippen molar-refractivity contribution >= 4 is 11.6 Å². The number of aromatic nitrogens is 2. The second kappa shape index (κ2) is 7.26. The summed E-state index contributed by atoms with van der Waals surface area (Å²) >= 11 is 0. The van der Waals surface area contributed by atoms with Gasteiger partial charge in [0.2, 0.25) is 0 Å². The molecular weight excluding hydrogens is 262 g/mol. The van der Waals surface area contributed by atoms with Gasteiger partial charge in [0, 0.05) is 31.1 Å². The van der Waals surface area contributed by atoms with Gasteiger partial charge in [0.15, 0.2) is 0 Å². The van der Waals surface area contributed by atoms with E-state index in [1.807, 2.05) is 0 Å². The molecule has 1 fully saturated rings. The van der Waals surface area contributed by atoms with Crippen molar-refractivity contribution in [1.82, 2.24) is 9.97 Å². The zero-order valence-electron chi connectivity index (χ0n) is 13.3. The largest absolute Gasteiger partial charge is 0.370 e. The fourth-order valence-corrected chi connectivity index (χ4v) is 2.37. The smallest absolute Gasteiger partial charge is 0.137 e. The average molecular weight is 287 g/mol. The van der Waals surface area contributed by atoms with E-state index >= 15 is 0 Å². The molecule has 1 N–H and O–H groups in total. The highest BCUT2D eigenvalue weighted by atomic mass is 15.2. The fraction of sp³-hybridized carbons (Fsp3) is 0.688. The maximum absolute atomic E-state index is 8.83. The van der Waals surface area contributed by atoms with Crippen LogP contribution < -0.4 is 10.2 Å². The first kappa shape index (κ1) is 15.6.